The van der Waals surface area contributed by atoms with Crippen molar-refractivity contribution in [2.75, 3.05) is 0 Å². The number of hydrogen-bond donors (Lipinski definition) is 0. The van der Waals surface area contributed by atoms with Crippen molar-refractivity contribution in [3.05, 3.63) is 12.3 Å². The summed E-state index contributed by atoms with van der Waals surface area (Å²) in [6.45, 7) is 2.34. The van der Waals surface area contributed by atoms with Crippen LogP contribution in [0.1, 0.15) is 58.3 Å². The second kappa shape index (κ2) is 5.58. The largest absolute Gasteiger partial charge is 0.498 e. The van der Waals surface area contributed by atoms with E-state index in [1.54, 1.807) is 0 Å². The molecule has 0 aromatic heterocycles. The molecular weight excluding hydrogens is 184 g/mol. The van der Waals surface area contributed by atoms with Crippen LogP contribution in [0.15, 0.2) is 12.3 Å². The van der Waals surface area contributed by atoms with E-state index in [2.05, 4.69) is 13.0 Å². The van der Waals surface area contributed by atoms with Crippen molar-refractivity contribution in [2.45, 2.75) is 64.4 Å². The molecule has 3 atom stereocenters. The van der Waals surface area contributed by atoms with Gasteiger partial charge in [0.1, 0.15) is 6.10 Å². The van der Waals surface area contributed by atoms with E-state index in [0.717, 1.165) is 11.8 Å². The van der Waals surface area contributed by atoms with Crippen LogP contribution in [-0.4, -0.2) is 6.10 Å². The van der Waals surface area contributed by atoms with Gasteiger partial charge in [0.05, 0.1) is 6.26 Å². The van der Waals surface area contributed by atoms with Gasteiger partial charge in [-0.05, 0) is 31.3 Å². The van der Waals surface area contributed by atoms with Gasteiger partial charge >= 0.3 is 0 Å². The standard InChI is InChI=1S/C9H14O.C5H10/c1-7-2-3-9-8(6-7)4-5-10-9;1-2-4-5-3-1/h4-5,7-9H,2-3,6H2,1H3;1-5H2. The monoisotopic (exact) mass is 208 g/mol. The van der Waals surface area contributed by atoms with Crippen LogP contribution in [0.25, 0.3) is 0 Å². The highest BCUT2D eigenvalue weighted by atomic mass is 16.5. The van der Waals surface area contributed by atoms with Crippen molar-refractivity contribution in [3.63, 3.8) is 0 Å². The topological polar surface area (TPSA) is 9.23 Å². The molecule has 3 aliphatic rings. The van der Waals surface area contributed by atoms with E-state index in [1.807, 2.05) is 6.26 Å². The van der Waals surface area contributed by atoms with Gasteiger partial charge in [-0.25, -0.2) is 0 Å². The number of hydrogen-bond acceptors (Lipinski definition) is 1. The average Bonchev–Trinajstić information content (AvgIpc) is 2.91. The predicted molar refractivity (Wildman–Crippen MR) is 63.6 cm³/mol. The minimum atomic E-state index is 0.538. The molecule has 0 aromatic carbocycles. The first-order chi connectivity index (χ1) is 7.36. The van der Waals surface area contributed by atoms with Crippen LogP contribution in [0, 0.1) is 11.8 Å². The van der Waals surface area contributed by atoms with Gasteiger partial charge in [-0.3, -0.25) is 0 Å². The molecule has 0 N–H and O–H groups in total. The molecule has 3 rings (SSSR count). The van der Waals surface area contributed by atoms with Crippen LogP contribution in [0.5, 0.6) is 0 Å². The zero-order valence-electron chi connectivity index (χ0n) is 9.95. The zero-order chi connectivity index (χ0) is 10.5. The lowest BCUT2D eigenvalue weighted by molar-refractivity contribution is 0.0838. The summed E-state index contributed by atoms with van der Waals surface area (Å²) in [6, 6.07) is 0. The van der Waals surface area contributed by atoms with E-state index in [4.69, 9.17) is 4.74 Å². The molecule has 0 bridgehead atoms. The first kappa shape index (κ1) is 11.0. The second-order valence-corrected chi connectivity index (χ2v) is 5.35. The fraction of sp³-hybridized carbons (Fsp3) is 0.857. The Kier molecular flexibility index (Phi) is 4.10. The summed E-state index contributed by atoms with van der Waals surface area (Å²) in [7, 11) is 0. The fourth-order valence-electron chi connectivity index (χ4n) is 2.90. The van der Waals surface area contributed by atoms with E-state index in [-0.39, 0.29) is 0 Å². The summed E-state index contributed by atoms with van der Waals surface area (Å²) < 4.78 is 5.42. The molecule has 15 heavy (non-hydrogen) atoms. The summed E-state index contributed by atoms with van der Waals surface area (Å²) >= 11 is 0. The number of ether oxygens (including phenoxy) is 1. The highest BCUT2D eigenvalue weighted by molar-refractivity contribution is 4.98. The lowest BCUT2D eigenvalue weighted by Gasteiger charge is -2.27. The smallest absolute Gasteiger partial charge is 0.104 e. The molecule has 0 amide bonds. The summed E-state index contributed by atoms with van der Waals surface area (Å²) in [5, 5.41) is 0. The van der Waals surface area contributed by atoms with E-state index >= 15 is 0 Å². The van der Waals surface area contributed by atoms with Gasteiger partial charge in [0.2, 0.25) is 0 Å². The first-order valence-electron chi connectivity index (χ1n) is 6.68. The van der Waals surface area contributed by atoms with Gasteiger partial charge in [-0.2, -0.15) is 0 Å². The maximum atomic E-state index is 5.42. The normalized spacial score (nSPS) is 37.8. The molecule has 1 aliphatic heterocycles. The third-order valence-electron chi connectivity index (χ3n) is 3.93. The Hall–Kier alpha value is -0.460. The second-order valence-electron chi connectivity index (χ2n) is 5.35. The lowest BCUT2D eigenvalue weighted by atomic mass is 9.81. The molecular formula is C14H24O. The van der Waals surface area contributed by atoms with E-state index in [1.165, 1.54) is 51.4 Å². The van der Waals surface area contributed by atoms with Crippen LogP contribution < -0.4 is 0 Å². The maximum absolute atomic E-state index is 5.42. The van der Waals surface area contributed by atoms with Gasteiger partial charge in [0, 0.05) is 5.92 Å². The average molecular weight is 208 g/mol. The van der Waals surface area contributed by atoms with Gasteiger partial charge in [-0.1, -0.05) is 39.0 Å². The summed E-state index contributed by atoms with van der Waals surface area (Å²) in [5.41, 5.74) is 0. The quantitative estimate of drug-likeness (QED) is 0.577. The van der Waals surface area contributed by atoms with Crippen molar-refractivity contribution in [2.24, 2.45) is 11.8 Å². The Morgan fingerprint density at radius 1 is 1.00 bits per heavy atom. The Labute approximate surface area is 93.9 Å². The molecule has 3 unspecified atom stereocenters. The Balaban J connectivity index is 0.000000144. The van der Waals surface area contributed by atoms with Crippen molar-refractivity contribution >= 4 is 0 Å². The van der Waals surface area contributed by atoms with Crippen molar-refractivity contribution in [1.29, 1.82) is 0 Å². The van der Waals surface area contributed by atoms with E-state index in [9.17, 15) is 0 Å². The van der Waals surface area contributed by atoms with E-state index < -0.39 is 0 Å². The van der Waals surface area contributed by atoms with Crippen LogP contribution in [0.4, 0.5) is 0 Å². The molecule has 86 valence electrons. The van der Waals surface area contributed by atoms with E-state index in [0.29, 0.717) is 6.10 Å². The maximum Gasteiger partial charge on any atom is 0.104 e. The van der Waals surface area contributed by atoms with Gasteiger partial charge in [0.15, 0.2) is 0 Å². The van der Waals surface area contributed by atoms with Crippen LogP contribution in [-0.2, 0) is 4.74 Å². The minimum absolute atomic E-state index is 0.538. The molecule has 0 saturated heterocycles. The van der Waals surface area contributed by atoms with Crippen molar-refractivity contribution < 1.29 is 4.74 Å². The molecule has 2 saturated carbocycles. The van der Waals surface area contributed by atoms with Gasteiger partial charge < -0.3 is 4.74 Å². The SMILES string of the molecule is C1CCCC1.CC1CCC2OC=CC2C1. The molecule has 1 heteroatoms. The highest BCUT2D eigenvalue weighted by Crippen LogP contribution is 2.34. The fourth-order valence-corrected chi connectivity index (χ4v) is 2.90. The molecule has 0 spiro atoms. The third kappa shape index (κ3) is 3.25. The zero-order valence-corrected chi connectivity index (χ0v) is 9.95. The van der Waals surface area contributed by atoms with Crippen molar-refractivity contribution in [3.8, 4) is 0 Å². The number of fused-ring (bicyclic) bond motifs is 1. The van der Waals surface area contributed by atoms with Gasteiger partial charge in [-0.15, -0.1) is 0 Å². The highest BCUT2D eigenvalue weighted by Gasteiger charge is 2.30. The Bertz CT molecular complexity index is 198. The summed E-state index contributed by atoms with van der Waals surface area (Å²) in [6.07, 6.45) is 16.1. The predicted octanol–water partition coefficient (Wildman–Crippen LogP) is 4.29. The van der Waals surface area contributed by atoms with Crippen LogP contribution in [0.2, 0.25) is 0 Å². The molecule has 0 radical (unpaired) electrons. The molecule has 1 heterocycles. The molecule has 1 nitrogen and oxygen atoms in total. The summed E-state index contributed by atoms with van der Waals surface area (Å²) in [4.78, 5) is 0. The van der Waals surface area contributed by atoms with Crippen molar-refractivity contribution in [1.82, 2.24) is 0 Å². The first-order valence-corrected chi connectivity index (χ1v) is 6.68. The third-order valence-corrected chi connectivity index (χ3v) is 3.93. The van der Waals surface area contributed by atoms with Crippen LogP contribution in [0.3, 0.4) is 0 Å². The Morgan fingerprint density at radius 3 is 2.33 bits per heavy atom. The summed E-state index contributed by atoms with van der Waals surface area (Å²) in [5.74, 6) is 1.65. The van der Waals surface area contributed by atoms with Crippen LogP contribution >= 0.6 is 0 Å². The molecule has 2 fully saturated rings. The molecule has 0 aromatic rings. The molecule has 2 aliphatic carbocycles. The Morgan fingerprint density at radius 2 is 1.67 bits per heavy atom. The lowest BCUT2D eigenvalue weighted by Crippen LogP contribution is -2.24. The number of rotatable bonds is 0. The van der Waals surface area contributed by atoms with Gasteiger partial charge in [0.25, 0.3) is 0 Å². The minimum Gasteiger partial charge on any atom is -0.498 e.